The summed E-state index contributed by atoms with van der Waals surface area (Å²) in [7, 11) is -8.20. The highest BCUT2D eigenvalue weighted by Gasteiger charge is 2.34. The van der Waals surface area contributed by atoms with Crippen molar-refractivity contribution in [3.05, 3.63) is 0 Å². The van der Waals surface area contributed by atoms with Gasteiger partial charge in [0.2, 0.25) is 10.0 Å². The van der Waals surface area contributed by atoms with Gasteiger partial charge in [-0.1, -0.05) is 20.8 Å². The Labute approximate surface area is 146 Å². The zero-order valence-corrected chi connectivity index (χ0v) is 17.4. The maximum atomic E-state index is 12.1. The lowest BCUT2D eigenvalue weighted by atomic mass is 9.90. The molecular weight excluding hydrogens is 358 g/mol. The van der Waals surface area contributed by atoms with Crippen LogP contribution in [0.25, 0.3) is 0 Å². The summed E-state index contributed by atoms with van der Waals surface area (Å²) >= 11 is 0. The molecular formula is C14H31NO7S2. The second-order valence-corrected chi connectivity index (χ2v) is 10.9. The molecule has 0 rings (SSSR count). The fraction of sp³-hybridized carbons (Fsp3) is 1.00. The van der Waals surface area contributed by atoms with Crippen molar-refractivity contribution >= 4 is 20.4 Å². The third-order valence-electron chi connectivity index (χ3n) is 3.54. The molecule has 0 aliphatic carbocycles. The van der Waals surface area contributed by atoms with E-state index in [1.165, 1.54) is 4.31 Å². The van der Waals surface area contributed by atoms with Crippen LogP contribution in [0.15, 0.2) is 0 Å². The van der Waals surface area contributed by atoms with E-state index in [-0.39, 0.29) is 18.1 Å². The second-order valence-electron chi connectivity index (χ2n) is 7.94. The van der Waals surface area contributed by atoms with E-state index in [1.807, 2.05) is 27.7 Å². The first-order valence-electron chi connectivity index (χ1n) is 7.59. The van der Waals surface area contributed by atoms with E-state index in [0.29, 0.717) is 0 Å². The van der Waals surface area contributed by atoms with E-state index in [4.69, 9.17) is 9.29 Å². The van der Waals surface area contributed by atoms with E-state index >= 15 is 0 Å². The predicted molar refractivity (Wildman–Crippen MR) is 92.6 cm³/mol. The Morgan fingerprint density at radius 2 is 1.50 bits per heavy atom. The third kappa shape index (κ3) is 9.28. The number of sulfonamides is 1. The zero-order chi connectivity index (χ0) is 19.6. The van der Waals surface area contributed by atoms with Crippen molar-refractivity contribution in [3.63, 3.8) is 0 Å². The van der Waals surface area contributed by atoms with Crippen LogP contribution >= 0.6 is 0 Å². The lowest BCUT2D eigenvalue weighted by molar-refractivity contribution is -0.0796. The summed E-state index contributed by atoms with van der Waals surface area (Å²) in [6.45, 7) is 12.2. The van der Waals surface area contributed by atoms with Crippen molar-refractivity contribution in [1.82, 2.24) is 4.31 Å². The van der Waals surface area contributed by atoms with Gasteiger partial charge in [-0.3, -0.25) is 4.55 Å². The molecule has 0 aromatic carbocycles. The van der Waals surface area contributed by atoms with E-state index < -0.39 is 38.7 Å². The van der Waals surface area contributed by atoms with Gasteiger partial charge in [0.05, 0.1) is 25.1 Å². The largest absolute Gasteiger partial charge is 0.397 e. The minimum Gasteiger partial charge on any atom is -0.371 e. The van der Waals surface area contributed by atoms with Gasteiger partial charge in [0, 0.05) is 12.1 Å². The molecule has 0 radical (unpaired) electrons. The Morgan fingerprint density at radius 3 is 1.79 bits per heavy atom. The molecule has 0 unspecified atom stereocenters. The summed E-state index contributed by atoms with van der Waals surface area (Å²) in [5, 5.41) is 0. The average Bonchev–Trinajstić information content (AvgIpc) is 2.26. The fourth-order valence-electron chi connectivity index (χ4n) is 1.88. The van der Waals surface area contributed by atoms with Crippen molar-refractivity contribution < 1.29 is 30.3 Å². The van der Waals surface area contributed by atoms with Crippen LogP contribution in [0.3, 0.4) is 0 Å². The Balaban J connectivity index is 5.44. The van der Waals surface area contributed by atoms with Gasteiger partial charge >= 0.3 is 10.4 Å². The Kier molecular flexibility index (Phi) is 7.88. The van der Waals surface area contributed by atoms with Crippen LogP contribution in [-0.4, -0.2) is 62.8 Å². The van der Waals surface area contributed by atoms with Gasteiger partial charge < -0.3 is 4.74 Å². The Hall–Kier alpha value is -0.260. The van der Waals surface area contributed by atoms with Crippen LogP contribution in [0.1, 0.15) is 48.5 Å². The normalized spacial score (nSPS) is 17.1. The maximum absolute atomic E-state index is 12.1. The van der Waals surface area contributed by atoms with Gasteiger partial charge in [0.1, 0.15) is 0 Å². The summed E-state index contributed by atoms with van der Waals surface area (Å²) in [5.74, 6) is 0. The molecule has 10 heteroatoms. The fourth-order valence-corrected chi connectivity index (χ4v) is 3.64. The SMILES string of the molecule is C[C@H](O[C@H](COS(=O)(=O)O)CN(C(C)(C)C)S(C)(=O)=O)C(C)(C)C. The summed E-state index contributed by atoms with van der Waals surface area (Å²) in [6.07, 6.45) is -0.0875. The molecule has 0 fully saturated rings. The predicted octanol–water partition coefficient (Wildman–Crippen LogP) is 1.69. The Morgan fingerprint density at radius 1 is 1.04 bits per heavy atom. The summed E-state index contributed by atoms with van der Waals surface area (Å²) < 4.78 is 66.0. The maximum Gasteiger partial charge on any atom is 0.397 e. The zero-order valence-electron chi connectivity index (χ0n) is 15.7. The van der Waals surface area contributed by atoms with Gasteiger partial charge in [-0.25, -0.2) is 12.6 Å². The summed E-state index contributed by atoms with van der Waals surface area (Å²) in [6, 6.07) is 0. The van der Waals surface area contributed by atoms with Crippen LogP contribution in [0.4, 0.5) is 0 Å². The first-order chi connectivity index (χ1) is 10.3. The second kappa shape index (κ2) is 7.96. The van der Waals surface area contributed by atoms with Crippen molar-refractivity contribution in [2.75, 3.05) is 19.4 Å². The molecule has 0 bridgehead atoms. The quantitative estimate of drug-likeness (QED) is 0.629. The monoisotopic (exact) mass is 389 g/mol. The molecule has 24 heavy (non-hydrogen) atoms. The number of hydrogen-bond donors (Lipinski definition) is 1. The van der Waals surface area contributed by atoms with E-state index in [0.717, 1.165) is 6.26 Å². The number of hydrogen-bond acceptors (Lipinski definition) is 6. The lowest BCUT2D eigenvalue weighted by Crippen LogP contribution is -2.51. The van der Waals surface area contributed by atoms with Gasteiger partial charge in [-0.2, -0.15) is 12.7 Å². The molecule has 0 aromatic rings. The minimum atomic E-state index is -4.65. The van der Waals surface area contributed by atoms with Crippen molar-refractivity contribution in [2.45, 2.75) is 66.2 Å². The average molecular weight is 390 g/mol. The number of rotatable bonds is 8. The lowest BCUT2D eigenvalue weighted by Gasteiger charge is -2.38. The van der Waals surface area contributed by atoms with Crippen LogP contribution in [-0.2, 0) is 29.3 Å². The van der Waals surface area contributed by atoms with Gasteiger partial charge in [0.25, 0.3) is 0 Å². The molecule has 0 spiro atoms. The molecule has 146 valence electrons. The molecule has 8 nitrogen and oxygen atoms in total. The molecule has 2 atom stereocenters. The summed E-state index contributed by atoms with van der Waals surface area (Å²) in [5.41, 5.74) is -0.966. The minimum absolute atomic E-state index is 0.0989. The van der Waals surface area contributed by atoms with Gasteiger partial charge in [0.15, 0.2) is 0 Å². The molecule has 0 aromatic heterocycles. The molecule has 0 heterocycles. The van der Waals surface area contributed by atoms with Crippen LogP contribution in [0.2, 0.25) is 0 Å². The first-order valence-corrected chi connectivity index (χ1v) is 10.8. The highest BCUT2D eigenvalue weighted by Crippen LogP contribution is 2.25. The smallest absolute Gasteiger partial charge is 0.371 e. The molecule has 0 aliphatic rings. The topological polar surface area (TPSA) is 110 Å². The molecule has 0 saturated heterocycles. The molecule has 0 saturated carbocycles. The van der Waals surface area contributed by atoms with Crippen molar-refractivity contribution in [3.8, 4) is 0 Å². The summed E-state index contributed by atoms with van der Waals surface area (Å²) in [4.78, 5) is 0. The highest BCUT2D eigenvalue weighted by atomic mass is 32.3. The standard InChI is InChI=1S/C14H31NO7S2/c1-11(13(2,3)4)22-12(10-21-24(18,19)20)9-15(14(5,6)7)23(8,16)17/h11-12H,9-10H2,1-8H3,(H,18,19,20)/t11-,12-/m0/s1. The molecule has 1 N–H and O–H groups in total. The van der Waals surface area contributed by atoms with Crippen LogP contribution in [0, 0.1) is 5.41 Å². The van der Waals surface area contributed by atoms with E-state index in [9.17, 15) is 16.8 Å². The van der Waals surface area contributed by atoms with Crippen LogP contribution < -0.4 is 0 Å². The van der Waals surface area contributed by atoms with E-state index in [2.05, 4.69) is 4.18 Å². The van der Waals surface area contributed by atoms with Gasteiger partial charge in [-0.15, -0.1) is 0 Å². The first kappa shape index (κ1) is 23.7. The van der Waals surface area contributed by atoms with E-state index in [1.54, 1.807) is 20.8 Å². The van der Waals surface area contributed by atoms with Gasteiger partial charge in [-0.05, 0) is 33.1 Å². The van der Waals surface area contributed by atoms with Crippen molar-refractivity contribution in [1.29, 1.82) is 0 Å². The number of ether oxygens (including phenoxy) is 1. The molecule has 0 aliphatic heterocycles. The third-order valence-corrected chi connectivity index (χ3v) is 5.47. The molecule has 0 amide bonds. The highest BCUT2D eigenvalue weighted by molar-refractivity contribution is 7.88. The van der Waals surface area contributed by atoms with Crippen molar-refractivity contribution in [2.24, 2.45) is 5.41 Å². The van der Waals surface area contributed by atoms with Crippen LogP contribution in [0.5, 0.6) is 0 Å². The Bertz CT molecular complexity index is 600. The number of nitrogens with zero attached hydrogens (tertiary/aromatic N) is 1.